The minimum atomic E-state index is -0.514. The van der Waals surface area contributed by atoms with Crippen molar-refractivity contribution in [1.82, 2.24) is 9.80 Å². The molecule has 184 valence electrons. The molecule has 3 aliphatic rings. The number of fused-ring (bicyclic) bond motifs is 1. The average Bonchev–Trinajstić information content (AvgIpc) is 3.45. The third-order valence-electron chi connectivity index (χ3n) is 7.68. The van der Waals surface area contributed by atoms with Gasteiger partial charge in [0.05, 0.1) is 31.8 Å². The summed E-state index contributed by atoms with van der Waals surface area (Å²) in [6, 6.07) is 12.5. The second-order valence-electron chi connectivity index (χ2n) is 9.61. The quantitative estimate of drug-likeness (QED) is 0.612. The Morgan fingerprint density at radius 3 is 2.43 bits per heavy atom. The van der Waals surface area contributed by atoms with Gasteiger partial charge < -0.3 is 24.0 Å². The molecule has 3 aliphatic heterocycles. The molecule has 0 bridgehead atoms. The molecule has 5 rings (SSSR count). The highest BCUT2D eigenvalue weighted by Gasteiger charge is 2.44. The normalized spacial score (nSPS) is 20.5. The summed E-state index contributed by atoms with van der Waals surface area (Å²) in [6.07, 6.45) is 2.26. The van der Waals surface area contributed by atoms with Gasteiger partial charge in [-0.3, -0.25) is 9.59 Å². The van der Waals surface area contributed by atoms with Crippen LogP contribution in [0.15, 0.2) is 42.5 Å². The lowest BCUT2D eigenvalue weighted by molar-refractivity contribution is -0.132. The first kappa shape index (κ1) is 23.2. The number of likely N-dealkylation sites (tertiary alicyclic amines) is 2. The first-order valence-electron chi connectivity index (χ1n) is 12.0. The van der Waals surface area contributed by atoms with Crippen molar-refractivity contribution in [3.63, 3.8) is 0 Å². The van der Waals surface area contributed by atoms with Gasteiger partial charge in [0.2, 0.25) is 5.91 Å². The Balaban J connectivity index is 1.19. The molecule has 0 aliphatic carbocycles. The van der Waals surface area contributed by atoms with Crippen molar-refractivity contribution >= 4 is 17.8 Å². The standard InChI is InChI=1S/C27H30N2O6/c1-33-18-7-8-22(34-2)21(15-18)25(31)28-12-9-27(10-13-28)11-14-29(17-27)24(30)16-23-19-5-3-4-6-20(19)26(32)35-23/h3-8,15,23H,9-14,16-17H2,1-2H3. The molecule has 2 aromatic rings. The third-order valence-corrected chi connectivity index (χ3v) is 7.68. The number of hydrogen-bond donors (Lipinski definition) is 0. The van der Waals surface area contributed by atoms with E-state index in [2.05, 4.69) is 0 Å². The van der Waals surface area contributed by atoms with Crippen LogP contribution in [0.5, 0.6) is 11.5 Å². The number of piperidine rings is 1. The van der Waals surface area contributed by atoms with Gasteiger partial charge in [-0.05, 0) is 48.9 Å². The van der Waals surface area contributed by atoms with E-state index in [4.69, 9.17) is 14.2 Å². The molecule has 2 fully saturated rings. The molecular weight excluding hydrogens is 448 g/mol. The molecule has 1 spiro atoms. The smallest absolute Gasteiger partial charge is 0.339 e. The Labute approximate surface area is 204 Å². The van der Waals surface area contributed by atoms with Crippen LogP contribution in [0.1, 0.15) is 58.1 Å². The van der Waals surface area contributed by atoms with Crippen molar-refractivity contribution in [2.75, 3.05) is 40.4 Å². The highest BCUT2D eigenvalue weighted by Crippen LogP contribution is 2.42. The van der Waals surface area contributed by atoms with E-state index in [0.29, 0.717) is 48.8 Å². The molecule has 3 heterocycles. The number of carbonyl (C=O) groups excluding carboxylic acids is 3. The predicted molar refractivity (Wildman–Crippen MR) is 128 cm³/mol. The summed E-state index contributed by atoms with van der Waals surface area (Å²) in [7, 11) is 3.13. The van der Waals surface area contributed by atoms with Gasteiger partial charge in [0.25, 0.3) is 5.91 Å². The van der Waals surface area contributed by atoms with Crippen LogP contribution in [0.2, 0.25) is 0 Å². The second-order valence-corrected chi connectivity index (χ2v) is 9.61. The maximum absolute atomic E-state index is 13.2. The summed E-state index contributed by atoms with van der Waals surface area (Å²) < 4.78 is 16.1. The lowest BCUT2D eigenvalue weighted by atomic mass is 9.77. The number of rotatable bonds is 5. The molecule has 35 heavy (non-hydrogen) atoms. The zero-order chi connectivity index (χ0) is 24.6. The summed E-state index contributed by atoms with van der Waals surface area (Å²) in [4.78, 5) is 42.2. The van der Waals surface area contributed by atoms with Crippen molar-refractivity contribution in [1.29, 1.82) is 0 Å². The highest BCUT2D eigenvalue weighted by atomic mass is 16.5. The maximum Gasteiger partial charge on any atom is 0.339 e. The predicted octanol–water partition coefficient (Wildman–Crippen LogP) is 3.46. The van der Waals surface area contributed by atoms with Gasteiger partial charge in [-0.2, -0.15) is 0 Å². The molecule has 0 radical (unpaired) electrons. The second kappa shape index (κ2) is 9.24. The van der Waals surface area contributed by atoms with E-state index >= 15 is 0 Å². The summed E-state index contributed by atoms with van der Waals surface area (Å²) in [5, 5.41) is 0. The van der Waals surface area contributed by atoms with Crippen LogP contribution in [-0.4, -0.2) is 68.0 Å². The Kier molecular flexibility index (Phi) is 6.13. The third kappa shape index (κ3) is 4.33. The fourth-order valence-electron chi connectivity index (χ4n) is 5.55. The molecule has 0 saturated carbocycles. The summed E-state index contributed by atoms with van der Waals surface area (Å²) in [5.41, 5.74) is 1.86. The summed E-state index contributed by atoms with van der Waals surface area (Å²) >= 11 is 0. The fourth-order valence-corrected chi connectivity index (χ4v) is 5.55. The largest absolute Gasteiger partial charge is 0.497 e. The molecule has 8 nitrogen and oxygen atoms in total. The van der Waals surface area contributed by atoms with Gasteiger partial charge in [-0.15, -0.1) is 0 Å². The van der Waals surface area contributed by atoms with Gasteiger partial charge in [0.15, 0.2) is 0 Å². The number of carbonyl (C=O) groups is 3. The lowest BCUT2D eigenvalue weighted by Crippen LogP contribution is -2.44. The molecule has 2 aromatic carbocycles. The summed E-state index contributed by atoms with van der Waals surface area (Å²) in [5.74, 6) is 0.728. The lowest BCUT2D eigenvalue weighted by Gasteiger charge is -2.39. The van der Waals surface area contributed by atoms with Gasteiger partial charge in [-0.1, -0.05) is 18.2 Å². The zero-order valence-corrected chi connectivity index (χ0v) is 20.1. The monoisotopic (exact) mass is 478 g/mol. The van der Waals surface area contributed by atoms with Gasteiger partial charge in [-0.25, -0.2) is 4.79 Å². The topological polar surface area (TPSA) is 85.4 Å². The van der Waals surface area contributed by atoms with Crippen LogP contribution in [0, 0.1) is 5.41 Å². The Morgan fingerprint density at radius 1 is 1.00 bits per heavy atom. The van der Waals surface area contributed by atoms with Crippen molar-refractivity contribution in [2.45, 2.75) is 31.8 Å². The molecule has 0 N–H and O–H groups in total. The van der Waals surface area contributed by atoms with E-state index in [1.165, 1.54) is 0 Å². The zero-order valence-electron chi connectivity index (χ0n) is 20.1. The number of nitrogens with zero attached hydrogens (tertiary/aromatic N) is 2. The van der Waals surface area contributed by atoms with Crippen LogP contribution < -0.4 is 9.47 Å². The van der Waals surface area contributed by atoms with E-state index < -0.39 is 6.10 Å². The number of esters is 1. The Bertz CT molecular complexity index is 1150. The van der Waals surface area contributed by atoms with Crippen molar-refractivity contribution < 1.29 is 28.6 Å². The van der Waals surface area contributed by atoms with Crippen LogP contribution in [0.25, 0.3) is 0 Å². The van der Waals surface area contributed by atoms with E-state index in [1.807, 2.05) is 21.9 Å². The molecule has 2 saturated heterocycles. The maximum atomic E-state index is 13.2. The van der Waals surface area contributed by atoms with Gasteiger partial charge >= 0.3 is 5.97 Å². The number of benzene rings is 2. The first-order valence-corrected chi connectivity index (χ1v) is 12.0. The van der Waals surface area contributed by atoms with Crippen LogP contribution in [0.3, 0.4) is 0 Å². The minimum absolute atomic E-state index is 0.0102. The number of amides is 2. The molecular formula is C27H30N2O6. The number of methoxy groups -OCH3 is 2. The van der Waals surface area contributed by atoms with Crippen LogP contribution in [0.4, 0.5) is 0 Å². The van der Waals surface area contributed by atoms with Crippen LogP contribution >= 0.6 is 0 Å². The van der Waals surface area contributed by atoms with E-state index in [0.717, 1.165) is 24.8 Å². The Hall–Kier alpha value is -3.55. The average molecular weight is 479 g/mol. The number of cyclic esters (lactones) is 1. The molecule has 1 unspecified atom stereocenters. The first-order chi connectivity index (χ1) is 16.9. The van der Waals surface area contributed by atoms with Gasteiger partial charge in [0, 0.05) is 31.7 Å². The molecule has 0 aromatic heterocycles. The minimum Gasteiger partial charge on any atom is -0.497 e. The van der Waals surface area contributed by atoms with Crippen LogP contribution in [-0.2, 0) is 9.53 Å². The highest BCUT2D eigenvalue weighted by molar-refractivity contribution is 5.97. The molecule has 2 amide bonds. The number of ether oxygens (including phenoxy) is 3. The Morgan fingerprint density at radius 2 is 1.71 bits per heavy atom. The molecule has 1 atom stereocenters. The van der Waals surface area contributed by atoms with E-state index in [1.54, 1.807) is 44.6 Å². The van der Waals surface area contributed by atoms with Crippen molar-refractivity contribution in [2.24, 2.45) is 5.41 Å². The number of hydrogen-bond acceptors (Lipinski definition) is 6. The van der Waals surface area contributed by atoms with Gasteiger partial charge in [0.1, 0.15) is 17.6 Å². The van der Waals surface area contributed by atoms with E-state index in [9.17, 15) is 14.4 Å². The molecule has 8 heteroatoms. The SMILES string of the molecule is COc1ccc(OC)c(C(=O)N2CCC3(CCN(C(=O)CC4OC(=O)c5ccccc54)C3)CC2)c1. The van der Waals surface area contributed by atoms with Crippen molar-refractivity contribution in [3.8, 4) is 11.5 Å². The van der Waals surface area contributed by atoms with E-state index in [-0.39, 0.29) is 29.6 Å². The fraction of sp³-hybridized carbons (Fsp3) is 0.444. The summed E-state index contributed by atoms with van der Waals surface area (Å²) in [6.45, 7) is 2.64. The van der Waals surface area contributed by atoms with Crippen molar-refractivity contribution in [3.05, 3.63) is 59.2 Å².